The first-order chi connectivity index (χ1) is 9.81. The average molecular weight is 274 g/mol. The maximum atomic E-state index is 3.73. The van der Waals surface area contributed by atoms with Crippen LogP contribution in [-0.4, -0.2) is 0 Å². The van der Waals surface area contributed by atoms with Gasteiger partial charge in [0.2, 0.25) is 0 Å². The van der Waals surface area contributed by atoms with Crippen molar-refractivity contribution in [3.05, 3.63) is 37.5 Å². The lowest BCUT2D eigenvalue weighted by Crippen LogP contribution is -2.23. The largest absolute Gasteiger partial charge is 0.103 e. The summed E-state index contributed by atoms with van der Waals surface area (Å²) in [6.45, 7) is 8.98. The van der Waals surface area contributed by atoms with Crippen molar-refractivity contribution in [2.75, 3.05) is 0 Å². The Morgan fingerprint density at radius 2 is 1.40 bits per heavy atom. The molecule has 0 N–H and O–H groups in total. The molecule has 0 aromatic carbocycles. The Morgan fingerprint density at radius 3 is 1.95 bits per heavy atom. The minimum absolute atomic E-state index is 0.964. The second kappa shape index (κ2) is 10.9. The zero-order valence-electron chi connectivity index (χ0n) is 13.5. The van der Waals surface area contributed by atoms with E-state index in [9.17, 15) is 0 Å². The van der Waals surface area contributed by atoms with E-state index in [1.165, 1.54) is 64.2 Å². The molecule has 0 nitrogen and oxygen atoms in total. The van der Waals surface area contributed by atoms with Gasteiger partial charge in [-0.3, -0.25) is 0 Å². The Labute approximate surface area is 127 Å². The second-order valence-corrected chi connectivity index (χ2v) is 6.49. The molecule has 20 heavy (non-hydrogen) atoms. The molecule has 0 unspecified atom stereocenters. The summed E-state index contributed by atoms with van der Waals surface area (Å²) in [5.74, 6) is 3.13. The number of allylic oxidation sites excluding steroid dienone is 4. The first-order valence-corrected chi connectivity index (χ1v) is 8.66. The summed E-state index contributed by atoms with van der Waals surface area (Å²) in [4.78, 5) is 0. The fourth-order valence-electron chi connectivity index (χ4n) is 3.87. The van der Waals surface area contributed by atoms with Gasteiger partial charge in [0.05, 0.1) is 0 Å². The third-order valence-electron chi connectivity index (χ3n) is 4.95. The minimum atomic E-state index is 0.964. The van der Waals surface area contributed by atoms with E-state index in [2.05, 4.69) is 25.3 Å². The summed E-state index contributed by atoms with van der Waals surface area (Å²) in [5.41, 5.74) is 0. The molecule has 0 saturated heterocycles. The Morgan fingerprint density at radius 1 is 0.850 bits per heavy atom. The molecule has 0 aromatic rings. The molecule has 2 saturated carbocycles. The van der Waals surface area contributed by atoms with Crippen molar-refractivity contribution in [3.8, 4) is 0 Å². The van der Waals surface area contributed by atoms with Crippen molar-refractivity contribution in [2.45, 2.75) is 71.1 Å². The van der Waals surface area contributed by atoms with Crippen molar-refractivity contribution in [1.82, 2.24) is 0 Å². The van der Waals surface area contributed by atoms with Gasteiger partial charge in [0.15, 0.2) is 0 Å². The van der Waals surface area contributed by atoms with E-state index in [-0.39, 0.29) is 0 Å². The number of rotatable bonds is 4. The molecule has 0 heterocycles. The summed E-state index contributed by atoms with van der Waals surface area (Å²) in [7, 11) is 0. The number of hydrogen-bond donors (Lipinski definition) is 0. The van der Waals surface area contributed by atoms with Crippen LogP contribution in [0.1, 0.15) is 71.1 Å². The molecule has 114 valence electrons. The third kappa shape index (κ3) is 6.59. The summed E-state index contributed by atoms with van der Waals surface area (Å²) >= 11 is 0. The molecule has 2 rings (SSSR count). The lowest BCUT2D eigenvalue weighted by atomic mass is 9.70. The highest BCUT2D eigenvalue weighted by atomic mass is 14.3. The molecular weight excluding hydrogens is 240 g/mol. The van der Waals surface area contributed by atoms with Crippen LogP contribution in [0, 0.1) is 17.8 Å². The summed E-state index contributed by atoms with van der Waals surface area (Å²) in [6, 6.07) is 0. The maximum Gasteiger partial charge on any atom is -0.0319 e. The van der Waals surface area contributed by atoms with Gasteiger partial charge in [-0.2, -0.15) is 0 Å². The van der Waals surface area contributed by atoms with Crippen LogP contribution in [0.15, 0.2) is 37.5 Å². The van der Waals surface area contributed by atoms with E-state index >= 15 is 0 Å². The van der Waals surface area contributed by atoms with Crippen LogP contribution in [0.2, 0.25) is 0 Å². The first-order valence-electron chi connectivity index (χ1n) is 8.66. The van der Waals surface area contributed by atoms with E-state index in [1.54, 1.807) is 6.08 Å². The van der Waals surface area contributed by atoms with E-state index in [1.807, 2.05) is 13.0 Å². The van der Waals surface area contributed by atoms with Crippen molar-refractivity contribution >= 4 is 0 Å². The summed E-state index contributed by atoms with van der Waals surface area (Å²) < 4.78 is 0. The lowest BCUT2D eigenvalue weighted by Gasteiger charge is -2.35. The minimum Gasteiger partial charge on any atom is -0.103 e. The molecule has 2 fully saturated rings. The Hall–Kier alpha value is -0.780. The average Bonchev–Trinajstić information content (AvgIpc) is 2.50. The SMILES string of the molecule is C=C/C=C\CC1CCC(C2CCCCC2)CC1.C=CC. The topological polar surface area (TPSA) is 0 Å². The van der Waals surface area contributed by atoms with E-state index in [4.69, 9.17) is 0 Å². The fourth-order valence-corrected chi connectivity index (χ4v) is 3.87. The van der Waals surface area contributed by atoms with Crippen LogP contribution in [0.4, 0.5) is 0 Å². The molecule has 2 aliphatic carbocycles. The van der Waals surface area contributed by atoms with E-state index in [0.29, 0.717) is 0 Å². The zero-order chi connectivity index (χ0) is 14.6. The van der Waals surface area contributed by atoms with Gasteiger partial charge in [0.1, 0.15) is 0 Å². The predicted octanol–water partition coefficient (Wildman–Crippen LogP) is 6.70. The Bertz CT molecular complexity index is 272. The summed E-state index contributed by atoms with van der Waals surface area (Å²) in [6.07, 6.45) is 22.9. The Balaban J connectivity index is 0.000000612. The fraction of sp³-hybridized carbons (Fsp3) is 0.700. The highest BCUT2D eigenvalue weighted by molar-refractivity contribution is 4.98. The normalized spacial score (nSPS) is 27.6. The first kappa shape index (κ1) is 17.3. The van der Waals surface area contributed by atoms with Gasteiger partial charge in [0, 0.05) is 0 Å². The quantitative estimate of drug-likeness (QED) is 0.395. The van der Waals surface area contributed by atoms with Crippen LogP contribution in [0.3, 0.4) is 0 Å². The molecule has 0 aromatic heterocycles. The summed E-state index contributed by atoms with van der Waals surface area (Å²) in [5, 5.41) is 0. The molecular formula is C20H34. The molecule has 0 atom stereocenters. The van der Waals surface area contributed by atoms with Gasteiger partial charge in [-0.05, 0) is 56.8 Å². The molecule has 0 radical (unpaired) electrons. The molecule has 0 heteroatoms. The van der Waals surface area contributed by atoms with Gasteiger partial charge in [0.25, 0.3) is 0 Å². The highest BCUT2D eigenvalue weighted by Crippen LogP contribution is 2.40. The monoisotopic (exact) mass is 274 g/mol. The van der Waals surface area contributed by atoms with Crippen molar-refractivity contribution in [3.63, 3.8) is 0 Å². The maximum absolute atomic E-state index is 3.73. The Kier molecular flexibility index (Phi) is 9.45. The molecule has 0 bridgehead atoms. The third-order valence-corrected chi connectivity index (χ3v) is 4.95. The van der Waals surface area contributed by atoms with Gasteiger partial charge >= 0.3 is 0 Å². The number of hydrogen-bond acceptors (Lipinski definition) is 0. The molecule has 2 aliphatic rings. The van der Waals surface area contributed by atoms with Gasteiger partial charge in [-0.15, -0.1) is 6.58 Å². The zero-order valence-corrected chi connectivity index (χ0v) is 13.5. The van der Waals surface area contributed by atoms with E-state index in [0.717, 1.165) is 17.8 Å². The van der Waals surface area contributed by atoms with E-state index < -0.39 is 0 Å². The lowest BCUT2D eigenvalue weighted by molar-refractivity contribution is 0.168. The smallest absolute Gasteiger partial charge is 0.0319 e. The molecule has 0 spiro atoms. The highest BCUT2D eigenvalue weighted by Gasteiger charge is 2.27. The van der Waals surface area contributed by atoms with Crippen LogP contribution < -0.4 is 0 Å². The van der Waals surface area contributed by atoms with Crippen LogP contribution >= 0.6 is 0 Å². The predicted molar refractivity (Wildman–Crippen MR) is 91.8 cm³/mol. The van der Waals surface area contributed by atoms with Crippen molar-refractivity contribution in [1.29, 1.82) is 0 Å². The standard InChI is InChI=1S/C17H28.C3H6/c1-2-3-5-8-15-11-13-17(14-12-15)16-9-6-4-7-10-16;1-3-2/h2-3,5,15-17H,1,4,6-14H2;3H,1H2,2H3/b5-3-;. The van der Waals surface area contributed by atoms with Crippen molar-refractivity contribution in [2.24, 2.45) is 17.8 Å². The van der Waals surface area contributed by atoms with Gasteiger partial charge < -0.3 is 0 Å². The van der Waals surface area contributed by atoms with Crippen molar-refractivity contribution < 1.29 is 0 Å². The van der Waals surface area contributed by atoms with Crippen LogP contribution in [0.5, 0.6) is 0 Å². The van der Waals surface area contributed by atoms with Crippen LogP contribution in [0.25, 0.3) is 0 Å². The molecule has 0 aliphatic heterocycles. The molecule has 0 amide bonds. The van der Waals surface area contributed by atoms with Gasteiger partial charge in [-0.25, -0.2) is 0 Å². The second-order valence-electron chi connectivity index (χ2n) is 6.49. The van der Waals surface area contributed by atoms with Crippen LogP contribution in [-0.2, 0) is 0 Å². The van der Waals surface area contributed by atoms with Gasteiger partial charge in [-0.1, -0.05) is 63.0 Å².